The van der Waals surface area contributed by atoms with Crippen molar-refractivity contribution in [1.82, 2.24) is 14.5 Å². The molecule has 0 aliphatic heterocycles. The van der Waals surface area contributed by atoms with E-state index in [9.17, 15) is 10.1 Å². The van der Waals surface area contributed by atoms with Gasteiger partial charge in [0.15, 0.2) is 0 Å². The molecule has 8 nitrogen and oxygen atoms in total. The molecule has 1 N–H and O–H groups in total. The number of ether oxygens (including phenoxy) is 2. The fourth-order valence-electron chi connectivity index (χ4n) is 2.59. The van der Waals surface area contributed by atoms with E-state index in [0.717, 1.165) is 11.3 Å². The van der Waals surface area contributed by atoms with Gasteiger partial charge < -0.3 is 19.7 Å². The minimum Gasteiger partial charge on any atom is -0.497 e. The van der Waals surface area contributed by atoms with Crippen molar-refractivity contribution in [1.29, 1.82) is 5.26 Å². The lowest BCUT2D eigenvalue weighted by molar-refractivity contribution is -0.126. The van der Waals surface area contributed by atoms with Gasteiger partial charge in [0.2, 0.25) is 5.91 Å². The second kappa shape index (κ2) is 8.31. The van der Waals surface area contributed by atoms with Gasteiger partial charge in [-0.3, -0.25) is 4.79 Å². The van der Waals surface area contributed by atoms with E-state index in [2.05, 4.69) is 16.5 Å². The molecule has 0 saturated carbocycles. The predicted octanol–water partition coefficient (Wildman–Crippen LogP) is 2.29. The molecule has 0 unspecified atom stereocenters. The molecule has 144 valence electrons. The lowest BCUT2D eigenvalue weighted by atomic mass is 10.2. The Hall–Kier alpha value is -3.73. The summed E-state index contributed by atoms with van der Waals surface area (Å²) >= 11 is 0. The van der Waals surface area contributed by atoms with Crippen LogP contribution in [0.15, 0.2) is 42.7 Å². The Morgan fingerprint density at radius 2 is 2.07 bits per heavy atom. The molecule has 0 bridgehead atoms. The van der Waals surface area contributed by atoms with Gasteiger partial charge in [0, 0.05) is 20.2 Å². The van der Waals surface area contributed by atoms with Crippen molar-refractivity contribution in [2.24, 2.45) is 0 Å². The zero-order valence-electron chi connectivity index (χ0n) is 16.0. The highest BCUT2D eigenvalue weighted by Gasteiger charge is 2.13. The highest BCUT2D eigenvalue weighted by molar-refractivity contribution is 5.81. The first-order valence-electron chi connectivity index (χ1n) is 8.63. The molecule has 3 rings (SSSR count). The van der Waals surface area contributed by atoms with Crippen LogP contribution in [0.25, 0.3) is 5.52 Å². The molecular formula is C20H21N5O3. The predicted molar refractivity (Wildman–Crippen MR) is 104 cm³/mol. The van der Waals surface area contributed by atoms with Crippen LogP contribution in [0, 0.1) is 11.3 Å². The Morgan fingerprint density at radius 3 is 2.71 bits per heavy atom. The number of rotatable bonds is 7. The van der Waals surface area contributed by atoms with E-state index in [4.69, 9.17) is 9.47 Å². The van der Waals surface area contributed by atoms with Crippen molar-refractivity contribution in [3.8, 4) is 17.6 Å². The van der Waals surface area contributed by atoms with Crippen molar-refractivity contribution in [3.05, 3.63) is 53.9 Å². The number of hydrogen-bond donors (Lipinski definition) is 1. The van der Waals surface area contributed by atoms with Gasteiger partial charge in [0.25, 0.3) is 0 Å². The molecule has 0 aliphatic rings. The molecule has 0 radical (unpaired) electrons. The Labute approximate surface area is 162 Å². The topological polar surface area (TPSA) is 91.9 Å². The van der Waals surface area contributed by atoms with E-state index in [0.29, 0.717) is 29.1 Å². The van der Waals surface area contributed by atoms with Gasteiger partial charge in [-0.15, -0.1) is 0 Å². The Morgan fingerprint density at radius 1 is 1.32 bits per heavy atom. The number of nitriles is 1. The third kappa shape index (κ3) is 4.15. The Bertz CT molecular complexity index is 1020. The summed E-state index contributed by atoms with van der Waals surface area (Å²) in [5, 5.41) is 16.6. The number of benzene rings is 1. The number of carbonyl (C=O) groups is 1. The van der Waals surface area contributed by atoms with Gasteiger partial charge in [0.05, 0.1) is 31.7 Å². The van der Waals surface area contributed by atoms with Crippen LogP contribution in [0.5, 0.6) is 11.5 Å². The van der Waals surface area contributed by atoms with E-state index in [1.807, 2.05) is 24.3 Å². The van der Waals surface area contributed by atoms with Crippen LogP contribution >= 0.6 is 0 Å². The standard InChI is InChI=1S/C20H21N5O3/c1-24(2)19(26)11-22-16-8-18(20-15(9-21)10-23-25(20)12-16)28-13-14-4-6-17(27-3)7-5-14/h4-8,10,12,22H,11,13H2,1-3H3. The maximum absolute atomic E-state index is 11.8. The number of methoxy groups -OCH3 is 1. The molecule has 1 amide bonds. The summed E-state index contributed by atoms with van der Waals surface area (Å²) in [5.41, 5.74) is 2.62. The fourth-order valence-corrected chi connectivity index (χ4v) is 2.59. The zero-order valence-corrected chi connectivity index (χ0v) is 16.0. The number of fused-ring (bicyclic) bond motifs is 1. The number of nitrogens with zero attached hydrogens (tertiary/aromatic N) is 4. The Kier molecular flexibility index (Phi) is 5.65. The maximum Gasteiger partial charge on any atom is 0.241 e. The van der Waals surface area contributed by atoms with Gasteiger partial charge in [-0.1, -0.05) is 12.1 Å². The first-order valence-corrected chi connectivity index (χ1v) is 8.63. The zero-order chi connectivity index (χ0) is 20.1. The quantitative estimate of drug-likeness (QED) is 0.677. The smallest absolute Gasteiger partial charge is 0.241 e. The summed E-state index contributed by atoms with van der Waals surface area (Å²) < 4.78 is 12.7. The van der Waals surface area contributed by atoms with E-state index < -0.39 is 0 Å². The summed E-state index contributed by atoms with van der Waals surface area (Å²) in [6.45, 7) is 0.457. The summed E-state index contributed by atoms with van der Waals surface area (Å²) in [6.07, 6.45) is 3.21. The third-order valence-electron chi connectivity index (χ3n) is 4.19. The van der Waals surface area contributed by atoms with Crippen LogP contribution in [-0.4, -0.2) is 48.2 Å². The number of pyridine rings is 1. The molecule has 0 atom stereocenters. The summed E-state index contributed by atoms with van der Waals surface area (Å²) in [4.78, 5) is 13.3. The molecule has 2 heterocycles. The van der Waals surface area contributed by atoms with Crippen molar-refractivity contribution >= 4 is 17.1 Å². The van der Waals surface area contributed by atoms with Crippen LogP contribution in [0.4, 0.5) is 5.69 Å². The summed E-state index contributed by atoms with van der Waals surface area (Å²) in [5.74, 6) is 1.22. The maximum atomic E-state index is 11.8. The SMILES string of the molecule is COc1ccc(COc2cc(NCC(=O)N(C)C)cn3ncc(C#N)c23)cc1. The number of hydrogen-bond acceptors (Lipinski definition) is 6. The Balaban J connectivity index is 1.86. The van der Waals surface area contributed by atoms with Gasteiger partial charge in [-0.25, -0.2) is 4.52 Å². The van der Waals surface area contributed by atoms with Crippen molar-refractivity contribution in [2.45, 2.75) is 6.61 Å². The van der Waals surface area contributed by atoms with Crippen molar-refractivity contribution in [3.63, 3.8) is 0 Å². The molecular weight excluding hydrogens is 358 g/mol. The van der Waals surface area contributed by atoms with Gasteiger partial charge in [-0.2, -0.15) is 10.4 Å². The second-order valence-corrected chi connectivity index (χ2v) is 6.33. The number of carbonyl (C=O) groups excluding carboxylic acids is 1. The van der Waals surface area contributed by atoms with E-state index in [1.54, 1.807) is 38.0 Å². The van der Waals surface area contributed by atoms with Gasteiger partial charge in [0.1, 0.15) is 35.3 Å². The largest absolute Gasteiger partial charge is 0.497 e. The minimum absolute atomic E-state index is 0.0565. The number of nitrogens with one attached hydrogen (secondary N) is 1. The molecule has 2 aromatic heterocycles. The second-order valence-electron chi connectivity index (χ2n) is 6.33. The van der Waals surface area contributed by atoms with Crippen LogP contribution in [-0.2, 0) is 11.4 Å². The lowest BCUT2D eigenvalue weighted by Crippen LogP contribution is -2.28. The molecule has 8 heteroatoms. The average Bonchev–Trinajstić information content (AvgIpc) is 3.13. The normalized spacial score (nSPS) is 10.4. The van der Waals surface area contributed by atoms with Crippen molar-refractivity contribution < 1.29 is 14.3 Å². The van der Waals surface area contributed by atoms with E-state index >= 15 is 0 Å². The first-order chi connectivity index (χ1) is 13.5. The van der Waals surface area contributed by atoms with E-state index in [-0.39, 0.29) is 12.5 Å². The van der Waals surface area contributed by atoms with Crippen LogP contribution in [0.2, 0.25) is 0 Å². The molecule has 0 fully saturated rings. The van der Waals surface area contributed by atoms with Crippen LogP contribution in [0.1, 0.15) is 11.1 Å². The van der Waals surface area contributed by atoms with Crippen LogP contribution in [0.3, 0.4) is 0 Å². The number of anilines is 1. The third-order valence-corrected chi connectivity index (χ3v) is 4.19. The van der Waals surface area contributed by atoms with Crippen LogP contribution < -0.4 is 14.8 Å². The van der Waals surface area contributed by atoms with E-state index in [1.165, 1.54) is 11.1 Å². The average molecular weight is 379 g/mol. The molecule has 0 aliphatic carbocycles. The lowest BCUT2D eigenvalue weighted by Gasteiger charge is -2.14. The summed E-state index contributed by atoms with van der Waals surface area (Å²) in [6, 6.07) is 11.4. The molecule has 1 aromatic carbocycles. The monoisotopic (exact) mass is 379 g/mol. The minimum atomic E-state index is -0.0565. The first kappa shape index (κ1) is 19.0. The highest BCUT2D eigenvalue weighted by Crippen LogP contribution is 2.28. The fraction of sp³-hybridized carbons (Fsp3) is 0.250. The number of amides is 1. The molecule has 28 heavy (non-hydrogen) atoms. The summed E-state index contributed by atoms with van der Waals surface area (Å²) in [7, 11) is 5.01. The van der Waals surface area contributed by atoms with Gasteiger partial charge >= 0.3 is 0 Å². The molecule has 3 aromatic rings. The highest BCUT2D eigenvalue weighted by atomic mass is 16.5. The number of aromatic nitrogens is 2. The molecule has 0 spiro atoms. The van der Waals surface area contributed by atoms with Gasteiger partial charge in [-0.05, 0) is 17.7 Å². The number of likely N-dealkylation sites (N-methyl/N-ethyl adjacent to an activating group) is 1. The van der Waals surface area contributed by atoms with Crippen molar-refractivity contribution in [2.75, 3.05) is 33.1 Å². The molecule has 0 saturated heterocycles.